The van der Waals surface area contributed by atoms with E-state index in [1.807, 2.05) is 0 Å². The van der Waals surface area contributed by atoms with E-state index in [1.54, 1.807) is 0 Å². The summed E-state index contributed by atoms with van der Waals surface area (Å²) in [7, 11) is 0. The van der Waals surface area contributed by atoms with Gasteiger partial charge in [-0.1, -0.05) is 6.92 Å². The number of nitrogens with zero attached hydrogens (tertiary/aromatic N) is 1. The van der Waals surface area contributed by atoms with Crippen LogP contribution >= 0.6 is 0 Å². The largest absolute Gasteiger partial charge is 0.381 e. The Labute approximate surface area is 61.8 Å². The molecule has 0 bridgehead atoms. The summed E-state index contributed by atoms with van der Waals surface area (Å²) in [5.41, 5.74) is 0.146. The summed E-state index contributed by atoms with van der Waals surface area (Å²) < 4.78 is 5.29. The second-order valence-electron chi connectivity index (χ2n) is 3.30. The first-order valence-corrected chi connectivity index (χ1v) is 3.72. The van der Waals surface area contributed by atoms with Crippen molar-refractivity contribution in [1.29, 1.82) is 5.26 Å². The molecule has 0 aromatic rings. The fraction of sp³-hybridized carbons (Fsp3) is 0.875. The molecule has 1 aliphatic heterocycles. The summed E-state index contributed by atoms with van der Waals surface area (Å²) in [5.74, 6) is 0. The molecule has 0 saturated carbocycles. The van der Waals surface area contributed by atoms with Gasteiger partial charge in [-0.3, -0.25) is 0 Å². The smallest absolute Gasteiger partial charge is 0.0628 e. The molecule has 0 aromatic heterocycles. The predicted molar refractivity (Wildman–Crippen MR) is 38.4 cm³/mol. The fourth-order valence-electron chi connectivity index (χ4n) is 1.32. The summed E-state index contributed by atoms with van der Waals surface area (Å²) in [6, 6.07) is 2.20. The van der Waals surface area contributed by atoms with Crippen molar-refractivity contribution >= 4 is 0 Å². The van der Waals surface area contributed by atoms with Gasteiger partial charge in [0.15, 0.2) is 0 Å². The zero-order valence-corrected chi connectivity index (χ0v) is 6.39. The topological polar surface area (TPSA) is 33.0 Å². The lowest BCUT2D eigenvalue weighted by molar-refractivity contribution is 0.00509. The zero-order chi connectivity index (χ0) is 7.45. The molecule has 0 spiro atoms. The predicted octanol–water partition coefficient (Wildman–Crippen LogP) is 1.72. The molecule has 1 atom stereocenters. The van der Waals surface area contributed by atoms with Gasteiger partial charge in [0.05, 0.1) is 12.7 Å². The second-order valence-corrected chi connectivity index (χ2v) is 3.30. The van der Waals surface area contributed by atoms with Gasteiger partial charge in [-0.2, -0.15) is 5.26 Å². The number of hydrogen-bond donors (Lipinski definition) is 0. The van der Waals surface area contributed by atoms with E-state index in [0.29, 0.717) is 6.42 Å². The van der Waals surface area contributed by atoms with E-state index < -0.39 is 0 Å². The minimum absolute atomic E-state index is 0.146. The van der Waals surface area contributed by atoms with Gasteiger partial charge in [0, 0.05) is 18.4 Å². The number of hydrogen-bond acceptors (Lipinski definition) is 2. The summed E-state index contributed by atoms with van der Waals surface area (Å²) in [6.07, 6.45) is 2.88. The second kappa shape index (κ2) is 3.03. The third-order valence-electron chi connectivity index (χ3n) is 2.03. The third kappa shape index (κ3) is 1.71. The maximum atomic E-state index is 8.48. The first-order valence-electron chi connectivity index (χ1n) is 3.72. The van der Waals surface area contributed by atoms with Crippen molar-refractivity contribution in [1.82, 2.24) is 0 Å². The summed E-state index contributed by atoms with van der Waals surface area (Å²) in [6.45, 7) is 3.76. The molecular formula is C8H13NO. The highest BCUT2D eigenvalue weighted by molar-refractivity contribution is 4.86. The Morgan fingerprint density at radius 1 is 1.70 bits per heavy atom. The van der Waals surface area contributed by atoms with Crippen LogP contribution < -0.4 is 0 Å². The molecule has 0 N–H and O–H groups in total. The molecule has 0 aromatic carbocycles. The summed E-state index contributed by atoms with van der Waals surface area (Å²) in [5, 5.41) is 8.48. The Hall–Kier alpha value is -0.550. The minimum Gasteiger partial charge on any atom is -0.381 e. The van der Waals surface area contributed by atoms with Crippen LogP contribution in [-0.4, -0.2) is 13.2 Å². The Morgan fingerprint density at radius 2 is 2.50 bits per heavy atom. The van der Waals surface area contributed by atoms with E-state index in [2.05, 4.69) is 13.0 Å². The van der Waals surface area contributed by atoms with E-state index in [4.69, 9.17) is 10.00 Å². The molecule has 1 rings (SSSR count). The van der Waals surface area contributed by atoms with E-state index in [0.717, 1.165) is 26.1 Å². The van der Waals surface area contributed by atoms with Crippen LogP contribution in [0, 0.1) is 16.7 Å². The Kier molecular flexibility index (Phi) is 2.29. The van der Waals surface area contributed by atoms with Crippen LogP contribution in [0.5, 0.6) is 0 Å². The molecule has 1 fully saturated rings. The SMILES string of the molecule is C[C@]1(CC#N)CCCOC1. The molecule has 0 amide bonds. The van der Waals surface area contributed by atoms with Gasteiger partial charge in [-0.15, -0.1) is 0 Å². The van der Waals surface area contributed by atoms with E-state index in [1.165, 1.54) is 0 Å². The van der Waals surface area contributed by atoms with Gasteiger partial charge < -0.3 is 4.74 Å². The van der Waals surface area contributed by atoms with Crippen LogP contribution in [0.25, 0.3) is 0 Å². The number of nitriles is 1. The van der Waals surface area contributed by atoms with Crippen LogP contribution in [0.3, 0.4) is 0 Å². The molecular weight excluding hydrogens is 126 g/mol. The molecule has 1 heterocycles. The molecule has 0 unspecified atom stereocenters. The summed E-state index contributed by atoms with van der Waals surface area (Å²) in [4.78, 5) is 0. The van der Waals surface area contributed by atoms with E-state index in [9.17, 15) is 0 Å². The highest BCUT2D eigenvalue weighted by atomic mass is 16.5. The van der Waals surface area contributed by atoms with Crippen molar-refractivity contribution in [2.75, 3.05) is 13.2 Å². The monoisotopic (exact) mass is 139 g/mol. The average Bonchev–Trinajstić information content (AvgIpc) is 1.89. The lowest BCUT2D eigenvalue weighted by Gasteiger charge is -2.30. The van der Waals surface area contributed by atoms with Crippen LogP contribution in [0.2, 0.25) is 0 Å². The average molecular weight is 139 g/mol. The van der Waals surface area contributed by atoms with Gasteiger partial charge in [0.1, 0.15) is 0 Å². The van der Waals surface area contributed by atoms with Crippen molar-refractivity contribution < 1.29 is 4.74 Å². The molecule has 2 nitrogen and oxygen atoms in total. The molecule has 0 aliphatic carbocycles. The Balaban J connectivity index is 2.42. The molecule has 1 aliphatic rings. The third-order valence-corrected chi connectivity index (χ3v) is 2.03. The van der Waals surface area contributed by atoms with E-state index >= 15 is 0 Å². The molecule has 10 heavy (non-hydrogen) atoms. The quantitative estimate of drug-likeness (QED) is 0.554. The van der Waals surface area contributed by atoms with Crippen LogP contribution in [0.4, 0.5) is 0 Å². The van der Waals surface area contributed by atoms with Crippen molar-refractivity contribution in [2.45, 2.75) is 26.2 Å². The molecule has 2 heteroatoms. The van der Waals surface area contributed by atoms with Gasteiger partial charge in [-0.25, -0.2) is 0 Å². The Morgan fingerprint density at radius 3 is 3.00 bits per heavy atom. The molecule has 56 valence electrons. The first kappa shape index (κ1) is 7.56. The van der Waals surface area contributed by atoms with Gasteiger partial charge in [0.2, 0.25) is 0 Å². The Bertz CT molecular complexity index is 142. The van der Waals surface area contributed by atoms with Crippen molar-refractivity contribution in [3.8, 4) is 6.07 Å². The number of rotatable bonds is 1. The van der Waals surface area contributed by atoms with Crippen molar-refractivity contribution in [2.24, 2.45) is 5.41 Å². The van der Waals surface area contributed by atoms with Gasteiger partial charge in [-0.05, 0) is 12.8 Å². The fourth-order valence-corrected chi connectivity index (χ4v) is 1.32. The lowest BCUT2D eigenvalue weighted by Crippen LogP contribution is -2.28. The standard InChI is InChI=1S/C8H13NO/c1-8(4-5-9)3-2-6-10-7-8/h2-4,6-7H2,1H3/t8-/m1/s1. The summed E-state index contributed by atoms with van der Waals surface area (Å²) >= 11 is 0. The van der Waals surface area contributed by atoms with E-state index in [-0.39, 0.29) is 5.41 Å². The first-order chi connectivity index (χ1) is 4.77. The number of ether oxygens (including phenoxy) is 1. The lowest BCUT2D eigenvalue weighted by atomic mass is 9.82. The molecule has 0 radical (unpaired) electrons. The minimum atomic E-state index is 0.146. The van der Waals surface area contributed by atoms with Gasteiger partial charge >= 0.3 is 0 Å². The van der Waals surface area contributed by atoms with Gasteiger partial charge in [0.25, 0.3) is 0 Å². The van der Waals surface area contributed by atoms with Crippen molar-refractivity contribution in [3.05, 3.63) is 0 Å². The maximum absolute atomic E-state index is 8.48. The van der Waals surface area contributed by atoms with Crippen molar-refractivity contribution in [3.63, 3.8) is 0 Å². The highest BCUT2D eigenvalue weighted by Gasteiger charge is 2.26. The molecule has 1 saturated heterocycles. The van der Waals surface area contributed by atoms with Crippen LogP contribution in [0.15, 0.2) is 0 Å². The zero-order valence-electron chi connectivity index (χ0n) is 6.39. The van der Waals surface area contributed by atoms with Crippen LogP contribution in [-0.2, 0) is 4.74 Å². The normalized spacial score (nSPS) is 33.2. The highest BCUT2D eigenvalue weighted by Crippen LogP contribution is 2.30. The van der Waals surface area contributed by atoms with Crippen LogP contribution in [0.1, 0.15) is 26.2 Å². The maximum Gasteiger partial charge on any atom is 0.0628 e.